The van der Waals surface area contributed by atoms with E-state index in [9.17, 15) is 43.5 Å². The van der Waals surface area contributed by atoms with Gasteiger partial charge in [0.15, 0.2) is 6.10 Å². The van der Waals surface area contributed by atoms with Gasteiger partial charge in [0.1, 0.15) is 25.4 Å². The molecule has 0 aliphatic rings. The first-order valence-corrected chi connectivity index (χ1v) is 47.1. The molecule has 0 aromatic rings. The molecule has 5 unspecified atom stereocenters. The van der Waals surface area contributed by atoms with Gasteiger partial charge >= 0.3 is 33.6 Å². The van der Waals surface area contributed by atoms with Crippen molar-refractivity contribution >= 4 is 33.6 Å². The van der Waals surface area contributed by atoms with Crippen molar-refractivity contribution in [2.75, 3.05) is 39.6 Å². The van der Waals surface area contributed by atoms with Crippen molar-refractivity contribution in [2.45, 2.75) is 360 Å². The molecule has 0 fully saturated rings. The van der Waals surface area contributed by atoms with Crippen LogP contribution in [0.3, 0.4) is 0 Å². The summed E-state index contributed by atoms with van der Waals surface area (Å²) in [5, 5.41) is 20.7. The van der Waals surface area contributed by atoms with Gasteiger partial charge < -0.3 is 34.2 Å². The molecule has 4 N–H and O–H groups in total. The molecule has 0 bridgehead atoms. The van der Waals surface area contributed by atoms with Crippen LogP contribution in [0.15, 0.2) is 182 Å². The molecule has 0 spiro atoms. The van der Waals surface area contributed by atoms with Crippen molar-refractivity contribution in [2.24, 2.45) is 0 Å². The van der Waals surface area contributed by atoms with Gasteiger partial charge in [0, 0.05) is 19.3 Å². The zero-order valence-electron chi connectivity index (χ0n) is 70.7. The molecular weight excluding hydrogens is 1460 g/mol. The van der Waals surface area contributed by atoms with E-state index in [-0.39, 0.29) is 19.3 Å². The standard InChI is InChI=1S/C95H158O16P2/c1-4-7-10-13-16-19-22-25-28-31-34-37-39-41-42-43-44-45-46-48-50-52-54-57-60-63-66-69-72-75-78-81-93(98)105-84-90(96)85-107-112(101,102)108-86-91(97)87-109-113(103,104)110-89-92(111-95(100)83-80-77-74-71-68-65-62-59-56-51-36-33-30-27-24-21-18-15-12-9-6-3)88-106-94(99)82-79-76-73-70-67-64-61-58-55-53-49-47-40-38-35-32-29-26-23-20-17-14-11-8-5-2/h7,9-10,12,16-21,25-30,34-38,41-42,47,49,51,59,62,68,71,90-92,96-97H,4-6,8,11,13-15,22-24,31-33,39-40,43-46,48,50,52-58,60-61,63-67,69-70,72-89H2,1-3H3,(H,101,102)(H,103,104)/b10-7-,12-9-,19-16-,20-17-,21-18-,28-25-,29-26-,30-27-,37-34-,38-35-,42-41-,49-47-,51-36-,62-59-,71-68-. The summed E-state index contributed by atoms with van der Waals surface area (Å²) in [7, 11) is -9.83. The number of rotatable bonds is 82. The Labute approximate surface area is 687 Å². The predicted octanol–water partition coefficient (Wildman–Crippen LogP) is 26.9. The number of hydrogen-bond donors (Lipinski definition) is 4. The van der Waals surface area contributed by atoms with Crippen LogP contribution in [0.5, 0.6) is 0 Å². The van der Waals surface area contributed by atoms with Crippen LogP contribution in [0, 0.1) is 0 Å². The average molecular weight is 1620 g/mol. The number of aliphatic hydroxyl groups is 2. The van der Waals surface area contributed by atoms with Gasteiger partial charge in [0.2, 0.25) is 0 Å². The van der Waals surface area contributed by atoms with Crippen LogP contribution in [0.25, 0.3) is 0 Å². The Kier molecular flexibility index (Phi) is 81.9. The molecule has 0 saturated heterocycles. The Bertz CT molecular complexity index is 2780. The maximum Gasteiger partial charge on any atom is 0.472 e. The fraction of sp³-hybridized carbons (Fsp3) is 0.653. The second-order valence-corrected chi connectivity index (χ2v) is 31.8. The van der Waals surface area contributed by atoms with Crippen molar-refractivity contribution in [1.29, 1.82) is 0 Å². The highest BCUT2D eigenvalue weighted by molar-refractivity contribution is 7.47. The Morgan fingerprint density at radius 2 is 0.469 bits per heavy atom. The summed E-state index contributed by atoms with van der Waals surface area (Å²) in [5.41, 5.74) is 0. The Hall–Kier alpha value is -5.35. The maximum atomic E-state index is 13.0. The number of carbonyl (C=O) groups is 3. The lowest BCUT2D eigenvalue weighted by Crippen LogP contribution is -2.30. The van der Waals surface area contributed by atoms with Gasteiger partial charge in [-0.15, -0.1) is 0 Å². The van der Waals surface area contributed by atoms with Crippen LogP contribution in [0.1, 0.15) is 342 Å². The van der Waals surface area contributed by atoms with Crippen molar-refractivity contribution < 1.29 is 75.8 Å². The third-order valence-electron chi connectivity index (χ3n) is 18.1. The molecule has 0 rings (SSSR count). The molecule has 644 valence electrons. The topological polar surface area (TPSA) is 231 Å². The molecule has 0 saturated carbocycles. The highest BCUT2D eigenvalue weighted by atomic mass is 31.2. The molecule has 18 heteroatoms. The van der Waals surface area contributed by atoms with Crippen LogP contribution >= 0.6 is 15.6 Å². The number of carbonyl (C=O) groups excluding carboxylic acids is 3. The van der Waals surface area contributed by atoms with Crippen LogP contribution in [0.4, 0.5) is 0 Å². The predicted molar refractivity (Wildman–Crippen MR) is 472 cm³/mol. The van der Waals surface area contributed by atoms with Crippen LogP contribution < -0.4 is 0 Å². The van der Waals surface area contributed by atoms with E-state index in [1.165, 1.54) is 128 Å². The van der Waals surface area contributed by atoms with Gasteiger partial charge in [-0.25, -0.2) is 9.13 Å². The first-order chi connectivity index (χ1) is 55.2. The van der Waals surface area contributed by atoms with Crippen molar-refractivity contribution in [3.63, 3.8) is 0 Å². The number of phosphoric ester groups is 2. The number of allylic oxidation sites excluding steroid dienone is 30. The zero-order valence-corrected chi connectivity index (χ0v) is 72.5. The van der Waals surface area contributed by atoms with Gasteiger partial charge in [-0.2, -0.15) is 0 Å². The van der Waals surface area contributed by atoms with E-state index in [4.69, 9.17) is 32.3 Å². The van der Waals surface area contributed by atoms with Crippen molar-refractivity contribution in [1.82, 2.24) is 0 Å². The third-order valence-corrected chi connectivity index (χ3v) is 20.0. The van der Waals surface area contributed by atoms with Crippen LogP contribution in [-0.2, 0) is 55.8 Å². The lowest BCUT2D eigenvalue weighted by molar-refractivity contribution is -0.161. The molecule has 0 aromatic carbocycles. The number of esters is 3. The summed E-state index contributed by atoms with van der Waals surface area (Å²) in [6.45, 7) is 2.38. The fourth-order valence-corrected chi connectivity index (χ4v) is 13.1. The average Bonchev–Trinajstić information content (AvgIpc) is 0.901. The summed E-state index contributed by atoms with van der Waals surface area (Å²) < 4.78 is 61.3. The van der Waals surface area contributed by atoms with E-state index in [1.807, 2.05) is 0 Å². The normalized spacial score (nSPS) is 14.7. The quantitative estimate of drug-likeness (QED) is 0.0146. The van der Waals surface area contributed by atoms with E-state index in [0.29, 0.717) is 25.7 Å². The van der Waals surface area contributed by atoms with Crippen molar-refractivity contribution in [3.05, 3.63) is 182 Å². The van der Waals surface area contributed by atoms with E-state index in [2.05, 4.69) is 203 Å². The molecule has 5 atom stereocenters. The van der Waals surface area contributed by atoms with Crippen LogP contribution in [-0.4, -0.2) is 95.9 Å². The monoisotopic (exact) mass is 1620 g/mol. The highest BCUT2D eigenvalue weighted by Gasteiger charge is 2.29. The zero-order chi connectivity index (χ0) is 82.2. The van der Waals surface area contributed by atoms with E-state index in [1.54, 1.807) is 0 Å². The van der Waals surface area contributed by atoms with E-state index < -0.39 is 91.5 Å². The molecule has 0 aliphatic carbocycles. The molecular formula is C95H158O16P2. The van der Waals surface area contributed by atoms with Crippen molar-refractivity contribution in [3.8, 4) is 0 Å². The minimum absolute atomic E-state index is 0.0422. The summed E-state index contributed by atoms with van der Waals surface area (Å²) in [5.74, 6) is -1.64. The number of phosphoric acid groups is 2. The van der Waals surface area contributed by atoms with Gasteiger partial charge in [-0.1, -0.05) is 344 Å². The summed E-state index contributed by atoms with van der Waals surface area (Å²) in [4.78, 5) is 58.9. The van der Waals surface area contributed by atoms with Gasteiger partial charge in [-0.3, -0.25) is 32.5 Å². The molecule has 0 aromatic heterocycles. The lowest BCUT2D eigenvalue weighted by Gasteiger charge is -2.21. The van der Waals surface area contributed by atoms with Gasteiger partial charge in [-0.05, 0) is 161 Å². The summed E-state index contributed by atoms with van der Waals surface area (Å²) >= 11 is 0. The van der Waals surface area contributed by atoms with Gasteiger partial charge in [0.05, 0.1) is 26.4 Å². The largest absolute Gasteiger partial charge is 0.472 e. The SMILES string of the molecule is CC/C=C\C/C=C\C/C=C\C/C=C\C/C=C\C/C=C\CCCCC(=O)OC(COC(=O)CCCCCCCCCCC/C=C\C/C=C\C/C=C\C/C=C\CCCCC)COP(=O)(O)OCC(O)COP(=O)(O)OCC(O)COC(=O)CCCCCCCCCCCCCCCCC/C=C\C/C=C\C/C=C\C/C=C\C/C=C\CC. The van der Waals surface area contributed by atoms with Crippen LogP contribution in [0.2, 0.25) is 0 Å². The molecule has 0 heterocycles. The second kappa shape index (κ2) is 86.0. The Morgan fingerprint density at radius 1 is 0.257 bits per heavy atom. The number of aliphatic hydroxyl groups excluding tert-OH is 2. The highest BCUT2D eigenvalue weighted by Crippen LogP contribution is 2.45. The Balaban J connectivity index is 4.64. The molecule has 0 radical (unpaired) electrons. The van der Waals surface area contributed by atoms with E-state index in [0.717, 1.165) is 148 Å². The maximum absolute atomic E-state index is 13.0. The summed E-state index contributed by atoms with van der Waals surface area (Å²) in [6.07, 6.45) is 112. The minimum atomic E-state index is -4.96. The summed E-state index contributed by atoms with van der Waals surface area (Å²) in [6, 6.07) is 0. The first-order valence-electron chi connectivity index (χ1n) is 44.1. The van der Waals surface area contributed by atoms with E-state index >= 15 is 0 Å². The molecule has 16 nitrogen and oxygen atoms in total. The minimum Gasteiger partial charge on any atom is -0.463 e. The fourth-order valence-electron chi connectivity index (χ4n) is 11.5. The first kappa shape index (κ1) is 108. The molecule has 0 amide bonds. The molecule has 113 heavy (non-hydrogen) atoms. The third kappa shape index (κ3) is 87.3. The lowest BCUT2D eigenvalue weighted by atomic mass is 10.0. The second-order valence-electron chi connectivity index (χ2n) is 28.9. The Morgan fingerprint density at radius 3 is 0.761 bits per heavy atom. The number of hydrogen-bond acceptors (Lipinski definition) is 14. The smallest absolute Gasteiger partial charge is 0.463 e. The van der Waals surface area contributed by atoms with Gasteiger partial charge in [0.25, 0.3) is 0 Å². The molecule has 0 aliphatic heterocycles. The number of unbranched alkanes of at least 4 members (excludes halogenated alkanes) is 29. The number of ether oxygens (including phenoxy) is 3.